The van der Waals surface area contributed by atoms with Crippen LogP contribution in [0, 0.1) is 0 Å². The molecule has 0 bridgehead atoms. The fraction of sp³-hybridized carbons (Fsp3) is 0.235. The molecule has 134 valence electrons. The number of aliphatic imine (C=N–C) groups is 1. The number of carbonyl (C=O) groups is 1. The minimum atomic E-state index is -0.134. The average Bonchev–Trinajstić information content (AvgIpc) is 2.62. The number of guanidine groups is 1. The van der Waals surface area contributed by atoms with E-state index in [0.29, 0.717) is 36.2 Å². The molecule has 6 nitrogen and oxygen atoms in total. The second-order valence-electron chi connectivity index (χ2n) is 4.94. The Kier molecular flexibility index (Phi) is 9.86. The number of halogens is 2. The number of carbonyl (C=O) groups excluding carboxylic acids is 1. The second kappa shape index (κ2) is 11.6. The minimum absolute atomic E-state index is 0. The van der Waals surface area contributed by atoms with Crippen LogP contribution in [-0.2, 0) is 6.54 Å². The van der Waals surface area contributed by atoms with Gasteiger partial charge in [0.05, 0.1) is 12.2 Å². The van der Waals surface area contributed by atoms with Crippen molar-refractivity contribution in [2.45, 2.75) is 6.54 Å². The lowest BCUT2D eigenvalue weighted by Gasteiger charge is -2.12. The van der Waals surface area contributed by atoms with E-state index in [1.807, 2.05) is 18.2 Å². The zero-order valence-electron chi connectivity index (χ0n) is 13.8. The molecule has 0 saturated carbocycles. The summed E-state index contributed by atoms with van der Waals surface area (Å²) in [6, 6.07) is 12.5. The van der Waals surface area contributed by atoms with Gasteiger partial charge in [-0.05, 0) is 36.4 Å². The maximum absolute atomic E-state index is 11.9. The van der Waals surface area contributed by atoms with Gasteiger partial charge in [0, 0.05) is 36.9 Å². The number of rotatable bonds is 6. The highest BCUT2D eigenvalue weighted by Gasteiger charge is 2.04. The summed E-state index contributed by atoms with van der Waals surface area (Å²) in [5.74, 6) is 0.520. The third-order valence-corrected chi connectivity index (χ3v) is 3.45. The standard InChI is InChI=1S/C17H20ClN5O.HI/c1-19-17(23-12-15-4-2-3-9-20-15)22-11-10-21-16(24)13-5-7-14(18)8-6-13;/h2-9H,10-12H2,1H3,(H,21,24)(H2,19,22,23);1H. The van der Waals surface area contributed by atoms with E-state index in [2.05, 4.69) is 25.9 Å². The van der Waals surface area contributed by atoms with Crippen LogP contribution in [0.1, 0.15) is 16.1 Å². The van der Waals surface area contributed by atoms with E-state index < -0.39 is 0 Å². The van der Waals surface area contributed by atoms with Crippen LogP contribution in [-0.4, -0.2) is 37.0 Å². The molecule has 3 N–H and O–H groups in total. The number of nitrogens with zero attached hydrogens (tertiary/aromatic N) is 2. The quantitative estimate of drug-likeness (QED) is 0.261. The van der Waals surface area contributed by atoms with Gasteiger partial charge in [-0.1, -0.05) is 17.7 Å². The van der Waals surface area contributed by atoms with E-state index in [9.17, 15) is 4.79 Å². The summed E-state index contributed by atoms with van der Waals surface area (Å²) >= 11 is 5.80. The third kappa shape index (κ3) is 7.70. The largest absolute Gasteiger partial charge is 0.355 e. The zero-order valence-corrected chi connectivity index (χ0v) is 16.9. The summed E-state index contributed by atoms with van der Waals surface area (Å²) < 4.78 is 0. The molecule has 0 aliphatic heterocycles. The van der Waals surface area contributed by atoms with Crippen molar-refractivity contribution in [3.05, 3.63) is 64.9 Å². The Labute approximate surface area is 169 Å². The molecule has 1 aromatic heterocycles. The Morgan fingerprint density at radius 2 is 1.80 bits per heavy atom. The number of nitrogens with one attached hydrogen (secondary N) is 3. The molecule has 0 saturated heterocycles. The molecule has 25 heavy (non-hydrogen) atoms. The molecule has 0 aliphatic carbocycles. The summed E-state index contributed by atoms with van der Waals surface area (Å²) in [5.41, 5.74) is 1.51. The van der Waals surface area contributed by atoms with Gasteiger partial charge in [-0.15, -0.1) is 24.0 Å². The van der Waals surface area contributed by atoms with Crippen molar-refractivity contribution >= 4 is 47.4 Å². The predicted octanol–water partition coefficient (Wildman–Crippen LogP) is 2.45. The summed E-state index contributed by atoms with van der Waals surface area (Å²) in [4.78, 5) is 20.3. The maximum Gasteiger partial charge on any atom is 0.251 e. The molecule has 1 aromatic carbocycles. The Bertz CT molecular complexity index is 679. The minimum Gasteiger partial charge on any atom is -0.355 e. The van der Waals surface area contributed by atoms with Gasteiger partial charge in [-0.25, -0.2) is 0 Å². The molecular formula is C17H21ClIN5O. The molecule has 0 unspecified atom stereocenters. The van der Waals surface area contributed by atoms with Crippen LogP contribution in [0.3, 0.4) is 0 Å². The summed E-state index contributed by atoms with van der Waals surface area (Å²) in [7, 11) is 1.69. The zero-order chi connectivity index (χ0) is 17.2. The Morgan fingerprint density at radius 3 is 2.44 bits per heavy atom. The first-order chi connectivity index (χ1) is 11.7. The van der Waals surface area contributed by atoms with Crippen LogP contribution < -0.4 is 16.0 Å². The molecule has 0 radical (unpaired) electrons. The first-order valence-electron chi connectivity index (χ1n) is 7.57. The van der Waals surface area contributed by atoms with Crippen LogP contribution in [0.2, 0.25) is 5.02 Å². The molecule has 0 aliphatic rings. The fourth-order valence-electron chi connectivity index (χ4n) is 1.96. The maximum atomic E-state index is 11.9. The van der Waals surface area contributed by atoms with Crippen LogP contribution in [0.25, 0.3) is 0 Å². The Morgan fingerprint density at radius 1 is 1.08 bits per heavy atom. The summed E-state index contributed by atoms with van der Waals surface area (Å²) in [5, 5.41) is 9.73. The topological polar surface area (TPSA) is 78.4 Å². The van der Waals surface area contributed by atoms with Crippen LogP contribution in [0.15, 0.2) is 53.7 Å². The smallest absolute Gasteiger partial charge is 0.251 e. The van der Waals surface area contributed by atoms with Crippen LogP contribution in [0.5, 0.6) is 0 Å². The monoisotopic (exact) mass is 473 g/mol. The Balaban J connectivity index is 0.00000312. The van der Waals surface area contributed by atoms with E-state index in [4.69, 9.17) is 11.6 Å². The highest BCUT2D eigenvalue weighted by atomic mass is 127. The highest BCUT2D eigenvalue weighted by Crippen LogP contribution is 2.09. The molecule has 2 aromatic rings. The number of hydrogen-bond acceptors (Lipinski definition) is 3. The van der Waals surface area contributed by atoms with Gasteiger partial charge in [-0.3, -0.25) is 14.8 Å². The normalized spacial score (nSPS) is 10.6. The van der Waals surface area contributed by atoms with E-state index in [1.165, 1.54) is 0 Å². The molecule has 1 heterocycles. The van der Waals surface area contributed by atoms with Crippen molar-refractivity contribution in [1.82, 2.24) is 20.9 Å². The van der Waals surface area contributed by atoms with Crippen molar-refractivity contribution in [3.8, 4) is 0 Å². The number of amides is 1. The lowest BCUT2D eigenvalue weighted by molar-refractivity contribution is 0.0954. The molecule has 0 fully saturated rings. The van der Waals surface area contributed by atoms with Gasteiger partial charge in [0.25, 0.3) is 5.91 Å². The first kappa shape index (κ1) is 21.2. The first-order valence-corrected chi connectivity index (χ1v) is 7.95. The van der Waals surface area contributed by atoms with Crippen molar-refractivity contribution < 1.29 is 4.79 Å². The average molecular weight is 474 g/mol. The van der Waals surface area contributed by atoms with Gasteiger partial charge in [0.15, 0.2) is 5.96 Å². The van der Waals surface area contributed by atoms with E-state index in [0.717, 1.165) is 5.69 Å². The van der Waals surface area contributed by atoms with Gasteiger partial charge >= 0.3 is 0 Å². The number of aromatic nitrogens is 1. The van der Waals surface area contributed by atoms with Gasteiger partial charge in [0.1, 0.15) is 0 Å². The fourth-order valence-corrected chi connectivity index (χ4v) is 2.08. The van der Waals surface area contributed by atoms with E-state index >= 15 is 0 Å². The van der Waals surface area contributed by atoms with Crippen molar-refractivity contribution in [2.24, 2.45) is 4.99 Å². The van der Waals surface area contributed by atoms with Gasteiger partial charge in [-0.2, -0.15) is 0 Å². The molecular weight excluding hydrogens is 453 g/mol. The SMILES string of the molecule is CN=C(NCCNC(=O)c1ccc(Cl)cc1)NCc1ccccn1.I. The summed E-state index contributed by atoms with van der Waals surface area (Å²) in [6.07, 6.45) is 1.75. The van der Waals surface area contributed by atoms with Crippen molar-refractivity contribution in [1.29, 1.82) is 0 Å². The lowest BCUT2D eigenvalue weighted by Crippen LogP contribution is -2.41. The van der Waals surface area contributed by atoms with E-state index in [1.54, 1.807) is 37.5 Å². The predicted molar refractivity (Wildman–Crippen MR) is 112 cm³/mol. The highest BCUT2D eigenvalue weighted by molar-refractivity contribution is 14.0. The molecule has 1 amide bonds. The third-order valence-electron chi connectivity index (χ3n) is 3.20. The Hall–Kier alpha value is -1.87. The van der Waals surface area contributed by atoms with Gasteiger partial charge in [0.2, 0.25) is 0 Å². The molecule has 0 atom stereocenters. The van der Waals surface area contributed by atoms with Crippen molar-refractivity contribution in [2.75, 3.05) is 20.1 Å². The second-order valence-corrected chi connectivity index (χ2v) is 5.37. The van der Waals surface area contributed by atoms with Crippen molar-refractivity contribution in [3.63, 3.8) is 0 Å². The summed E-state index contributed by atoms with van der Waals surface area (Å²) in [6.45, 7) is 1.62. The number of pyridine rings is 1. The number of benzene rings is 1. The van der Waals surface area contributed by atoms with E-state index in [-0.39, 0.29) is 29.9 Å². The molecule has 8 heteroatoms. The lowest BCUT2D eigenvalue weighted by atomic mass is 10.2. The van der Waals surface area contributed by atoms with Crippen LogP contribution in [0.4, 0.5) is 0 Å². The molecule has 2 rings (SSSR count). The van der Waals surface area contributed by atoms with Gasteiger partial charge < -0.3 is 16.0 Å². The molecule has 0 spiro atoms. The number of hydrogen-bond donors (Lipinski definition) is 3. The van der Waals surface area contributed by atoms with Crippen LogP contribution >= 0.6 is 35.6 Å².